The maximum absolute atomic E-state index is 4.39. The van der Waals surface area contributed by atoms with Crippen LogP contribution in [0.15, 0.2) is 54.7 Å². The molecule has 1 aromatic carbocycles. The van der Waals surface area contributed by atoms with Gasteiger partial charge >= 0.3 is 0 Å². The summed E-state index contributed by atoms with van der Waals surface area (Å²) in [6, 6.07) is 16.8. The minimum absolute atomic E-state index is 0.610. The van der Waals surface area contributed by atoms with Gasteiger partial charge in [0, 0.05) is 18.4 Å². The van der Waals surface area contributed by atoms with E-state index in [2.05, 4.69) is 59.6 Å². The first kappa shape index (κ1) is 15.8. The van der Waals surface area contributed by atoms with Gasteiger partial charge in [-0.1, -0.05) is 68.8 Å². The minimum Gasteiger partial charge on any atom is -0.352 e. The molecule has 0 aliphatic rings. The third-order valence-electron chi connectivity index (χ3n) is 3.79. The molecule has 2 rings (SSSR count). The van der Waals surface area contributed by atoms with Gasteiger partial charge in [-0.25, -0.2) is 0 Å². The summed E-state index contributed by atoms with van der Waals surface area (Å²) in [6.07, 6.45) is 7.85. The van der Waals surface area contributed by atoms with Crippen LogP contribution in [0.5, 0.6) is 0 Å². The molecule has 0 radical (unpaired) electrons. The second kappa shape index (κ2) is 9.35. The van der Waals surface area contributed by atoms with E-state index in [1.807, 2.05) is 12.3 Å². The van der Waals surface area contributed by atoms with Crippen molar-refractivity contribution in [2.24, 2.45) is 0 Å². The highest BCUT2D eigenvalue weighted by molar-refractivity contribution is 6.55. The largest absolute Gasteiger partial charge is 0.352 e. The van der Waals surface area contributed by atoms with E-state index in [1.54, 1.807) is 0 Å². The molecule has 0 amide bonds. The Morgan fingerprint density at radius 2 is 1.81 bits per heavy atom. The van der Waals surface area contributed by atoms with Crippen molar-refractivity contribution < 1.29 is 0 Å². The SMILES string of the molecule is CCCB(CCCc1ccccn1)NCc1ccccc1. The second-order valence-corrected chi connectivity index (χ2v) is 5.57. The molecule has 0 aliphatic heterocycles. The summed E-state index contributed by atoms with van der Waals surface area (Å²) in [4.78, 5) is 4.39. The zero-order chi connectivity index (χ0) is 14.8. The predicted octanol–water partition coefficient (Wildman–Crippen LogP) is 4.21. The average Bonchev–Trinajstić information content (AvgIpc) is 2.54. The Bertz CT molecular complexity index is 487. The molecule has 0 unspecified atom stereocenters. The molecule has 0 fully saturated rings. The van der Waals surface area contributed by atoms with Gasteiger partial charge < -0.3 is 5.23 Å². The van der Waals surface area contributed by atoms with Gasteiger partial charge in [-0.2, -0.15) is 0 Å². The van der Waals surface area contributed by atoms with E-state index < -0.39 is 0 Å². The number of aryl methyl sites for hydroxylation is 1. The molecule has 2 nitrogen and oxygen atoms in total. The van der Waals surface area contributed by atoms with Crippen LogP contribution >= 0.6 is 0 Å². The topological polar surface area (TPSA) is 24.9 Å². The third kappa shape index (κ3) is 6.13. The van der Waals surface area contributed by atoms with Crippen molar-refractivity contribution in [1.82, 2.24) is 10.2 Å². The normalized spacial score (nSPS) is 10.5. The smallest absolute Gasteiger partial charge is 0.220 e. The number of pyridine rings is 1. The quantitative estimate of drug-likeness (QED) is 0.696. The van der Waals surface area contributed by atoms with Gasteiger partial charge in [0.1, 0.15) is 0 Å². The predicted molar refractivity (Wildman–Crippen MR) is 91.5 cm³/mol. The minimum atomic E-state index is 0.610. The van der Waals surface area contributed by atoms with Crippen LogP contribution in [-0.2, 0) is 13.0 Å². The monoisotopic (exact) mass is 280 g/mol. The summed E-state index contributed by atoms with van der Waals surface area (Å²) in [6.45, 7) is 3.84. The van der Waals surface area contributed by atoms with Crippen LogP contribution in [0.4, 0.5) is 0 Å². The number of hydrogen-bond donors (Lipinski definition) is 1. The number of hydrogen-bond acceptors (Lipinski definition) is 2. The van der Waals surface area contributed by atoms with Crippen LogP contribution in [0.3, 0.4) is 0 Å². The Hall–Kier alpha value is -1.61. The lowest BCUT2D eigenvalue weighted by Gasteiger charge is -2.14. The zero-order valence-electron chi connectivity index (χ0n) is 13.0. The van der Waals surface area contributed by atoms with Crippen LogP contribution < -0.4 is 5.23 Å². The van der Waals surface area contributed by atoms with Crippen molar-refractivity contribution in [2.75, 3.05) is 0 Å². The van der Waals surface area contributed by atoms with E-state index in [-0.39, 0.29) is 0 Å². The van der Waals surface area contributed by atoms with Crippen LogP contribution in [0.1, 0.15) is 31.0 Å². The summed E-state index contributed by atoms with van der Waals surface area (Å²) >= 11 is 0. The van der Waals surface area contributed by atoms with Gasteiger partial charge in [0.25, 0.3) is 0 Å². The molecule has 0 bridgehead atoms. The lowest BCUT2D eigenvalue weighted by molar-refractivity contribution is 0.828. The van der Waals surface area contributed by atoms with Crippen molar-refractivity contribution in [3.05, 3.63) is 66.0 Å². The number of rotatable bonds is 9. The summed E-state index contributed by atoms with van der Waals surface area (Å²) < 4.78 is 0. The highest BCUT2D eigenvalue weighted by Crippen LogP contribution is 2.09. The average molecular weight is 280 g/mol. The fourth-order valence-corrected chi connectivity index (χ4v) is 2.63. The van der Waals surface area contributed by atoms with Crippen molar-refractivity contribution in [2.45, 2.75) is 45.4 Å². The molecule has 1 heterocycles. The standard InChI is InChI=1S/C18H25BN2/c1-2-13-19(21-16-17-9-4-3-5-10-17)14-8-12-18-11-6-7-15-20-18/h3-7,9-11,15,21H,2,8,12-14,16H2,1H3. The first-order valence-electron chi connectivity index (χ1n) is 8.05. The van der Waals surface area contributed by atoms with Gasteiger partial charge in [0.05, 0.1) is 0 Å². The lowest BCUT2D eigenvalue weighted by atomic mass is 9.54. The molecule has 2 aromatic rings. The fourth-order valence-electron chi connectivity index (χ4n) is 2.63. The van der Waals surface area contributed by atoms with Crippen molar-refractivity contribution >= 4 is 6.85 Å². The first-order chi connectivity index (χ1) is 10.4. The van der Waals surface area contributed by atoms with E-state index in [4.69, 9.17) is 0 Å². The van der Waals surface area contributed by atoms with E-state index in [0.29, 0.717) is 6.85 Å². The van der Waals surface area contributed by atoms with Crippen molar-refractivity contribution in [3.8, 4) is 0 Å². The van der Waals surface area contributed by atoms with Gasteiger partial charge in [-0.05, 0) is 24.1 Å². The highest BCUT2D eigenvalue weighted by atomic mass is 14.8. The van der Waals surface area contributed by atoms with Crippen molar-refractivity contribution in [3.63, 3.8) is 0 Å². The van der Waals surface area contributed by atoms with Crippen molar-refractivity contribution in [1.29, 1.82) is 0 Å². The van der Waals surface area contributed by atoms with E-state index in [9.17, 15) is 0 Å². The van der Waals surface area contributed by atoms with E-state index in [0.717, 1.165) is 13.0 Å². The molecule has 1 N–H and O–H groups in total. The zero-order valence-corrected chi connectivity index (χ0v) is 13.0. The molecule has 3 heteroatoms. The molecule has 0 saturated heterocycles. The summed E-state index contributed by atoms with van der Waals surface area (Å²) in [5.41, 5.74) is 2.57. The molecule has 0 saturated carbocycles. The molecule has 0 aliphatic carbocycles. The summed E-state index contributed by atoms with van der Waals surface area (Å²) in [7, 11) is 0. The van der Waals surface area contributed by atoms with Gasteiger partial charge in [-0.15, -0.1) is 0 Å². The Labute approximate surface area is 129 Å². The molecular formula is C18H25BN2. The number of aromatic nitrogens is 1. The van der Waals surface area contributed by atoms with E-state index in [1.165, 1.54) is 36.7 Å². The summed E-state index contributed by atoms with van der Waals surface area (Å²) in [5, 5.41) is 3.70. The first-order valence-corrected chi connectivity index (χ1v) is 8.05. The van der Waals surface area contributed by atoms with Crippen LogP contribution in [0, 0.1) is 0 Å². The summed E-state index contributed by atoms with van der Waals surface area (Å²) in [5.74, 6) is 0. The number of nitrogens with zero attached hydrogens (tertiary/aromatic N) is 1. The molecule has 0 spiro atoms. The number of nitrogens with one attached hydrogen (secondary N) is 1. The van der Waals surface area contributed by atoms with Crippen LogP contribution in [0.25, 0.3) is 0 Å². The van der Waals surface area contributed by atoms with Gasteiger partial charge in [0.15, 0.2) is 0 Å². The van der Waals surface area contributed by atoms with Crippen LogP contribution in [-0.4, -0.2) is 11.8 Å². The molecule has 1 aromatic heterocycles. The Kier molecular flexibility index (Phi) is 7.03. The second-order valence-electron chi connectivity index (χ2n) is 5.57. The maximum Gasteiger partial charge on any atom is 0.220 e. The fraction of sp³-hybridized carbons (Fsp3) is 0.389. The third-order valence-corrected chi connectivity index (χ3v) is 3.79. The van der Waals surface area contributed by atoms with E-state index >= 15 is 0 Å². The molecular weight excluding hydrogens is 255 g/mol. The Balaban J connectivity index is 1.73. The molecule has 110 valence electrons. The number of benzene rings is 1. The maximum atomic E-state index is 4.39. The highest BCUT2D eigenvalue weighted by Gasteiger charge is 2.12. The Morgan fingerprint density at radius 1 is 1.00 bits per heavy atom. The van der Waals surface area contributed by atoms with Gasteiger partial charge in [0.2, 0.25) is 6.85 Å². The lowest BCUT2D eigenvalue weighted by Crippen LogP contribution is -2.33. The molecule has 0 atom stereocenters. The van der Waals surface area contributed by atoms with Gasteiger partial charge in [-0.3, -0.25) is 4.98 Å². The Morgan fingerprint density at radius 3 is 2.52 bits per heavy atom. The molecule has 21 heavy (non-hydrogen) atoms. The van der Waals surface area contributed by atoms with Crippen LogP contribution in [0.2, 0.25) is 12.6 Å².